The Kier molecular flexibility index (Phi) is 4.77. The summed E-state index contributed by atoms with van der Waals surface area (Å²) in [6, 6.07) is 0. The molecule has 0 saturated heterocycles. The first-order valence-electron chi connectivity index (χ1n) is 6.49. The van der Waals surface area contributed by atoms with Gasteiger partial charge in [-0.3, -0.25) is 0 Å². The summed E-state index contributed by atoms with van der Waals surface area (Å²) in [5.74, 6) is 2.39. The van der Waals surface area contributed by atoms with Crippen molar-refractivity contribution in [3.63, 3.8) is 0 Å². The molecule has 1 aliphatic carbocycles. The Morgan fingerprint density at radius 1 is 1.44 bits per heavy atom. The van der Waals surface area contributed by atoms with Crippen LogP contribution in [0.4, 0.5) is 5.82 Å². The van der Waals surface area contributed by atoms with Crippen molar-refractivity contribution in [2.45, 2.75) is 44.6 Å². The van der Waals surface area contributed by atoms with Gasteiger partial charge in [-0.1, -0.05) is 13.3 Å². The molecule has 18 heavy (non-hydrogen) atoms. The van der Waals surface area contributed by atoms with Gasteiger partial charge in [-0.2, -0.15) is 0 Å². The fourth-order valence-corrected chi connectivity index (χ4v) is 2.99. The minimum absolute atomic E-state index is 0.0107. The molecule has 5 heteroatoms. The smallest absolute Gasteiger partial charge is 0.159 e. The highest BCUT2D eigenvalue weighted by Gasteiger charge is 2.30. The third-order valence-corrected chi connectivity index (χ3v) is 4.28. The second-order valence-corrected chi connectivity index (χ2v) is 5.75. The van der Waals surface area contributed by atoms with E-state index < -0.39 is 0 Å². The van der Waals surface area contributed by atoms with Crippen LogP contribution in [0.25, 0.3) is 0 Å². The summed E-state index contributed by atoms with van der Waals surface area (Å²) in [6.07, 6.45) is 4.55. The van der Waals surface area contributed by atoms with Gasteiger partial charge >= 0.3 is 0 Å². The number of halogens is 1. The van der Waals surface area contributed by atoms with Crippen molar-refractivity contribution in [2.24, 2.45) is 0 Å². The van der Waals surface area contributed by atoms with Gasteiger partial charge in [-0.25, -0.2) is 9.97 Å². The van der Waals surface area contributed by atoms with Crippen LogP contribution < -0.4 is 5.32 Å². The van der Waals surface area contributed by atoms with Gasteiger partial charge in [-0.05, 0) is 41.9 Å². The molecule has 2 rings (SSSR count). The van der Waals surface area contributed by atoms with Gasteiger partial charge in [0.25, 0.3) is 0 Å². The Balaban J connectivity index is 2.37. The molecule has 0 aromatic carbocycles. The Bertz CT molecular complexity index is 421. The van der Waals surface area contributed by atoms with Gasteiger partial charge in [0.2, 0.25) is 0 Å². The van der Waals surface area contributed by atoms with E-state index in [0.29, 0.717) is 5.92 Å². The van der Waals surface area contributed by atoms with Crippen LogP contribution in [0.5, 0.6) is 0 Å². The van der Waals surface area contributed by atoms with E-state index in [0.717, 1.165) is 28.1 Å². The van der Waals surface area contributed by atoms with E-state index in [1.54, 1.807) is 7.11 Å². The molecule has 0 amide bonds. The van der Waals surface area contributed by atoms with E-state index in [1.807, 2.05) is 7.05 Å². The summed E-state index contributed by atoms with van der Waals surface area (Å²) in [5, 5.41) is 3.17. The molecule has 1 saturated carbocycles. The second-order valence-electron chi connectivity index (χ2n) is 4.67. The number of hydrogen-bond donors (Lipinski definition) is 1. The normalized spacial score (nSPS) is 16.7. The monoisotopic (exact) mass is 361 g/mol. The van der Waals surface area contributed by atoms with Gasteiger partial charge in [0.15, 0.2) is 5.82 Å². The Morgan fingerprint density at radius 3 is 2.67 bits per heavy atom. The predicted molar refractivity (Wildman–Crippen MR) is 80.9 cm³/mol. The number of methoxy groups -OCH3 is 1. The average Bonchev–Trinajstić information content (AvgIpc) is 3.20. The van der Waals surface area contributed by atoms with Crippen LogP contribution in [0, 0.1) is 3.57 Å². The zero-order chi connectivity index (χ0) is 13.1. The van der Waals surface area contributed by atoms with E-state index >= 15 is 0 Å². The zero-order valence-electron chi connectivity index (χ0n) is 11.2. The molecule has 1 aromatic heterocycles. The number of rotatable bonds is 6. The molecule has 0 aliphatic heterocycles. The summed E-state index contributed by atoms with van der Waals surface area (Å²) < 4.78 is 6.68. The fourth-order valence-electron chi connectivity index (χ4n) is 2.03. The first-order valence-corrected chi connectivity index (χ1v) is 7.57. The lowest BCUT2D eigenvalue weighted by molar-refractivity contribution is 0.0875. The lowest BCUT2D eigenvalue weighted by Gasteiger charge is -2.16. The lowest BCUT2D eigenvalue weighted by Crippen LogP contribution is -2.12. The van der Waals surface area contributed by atoms with Crippen molar-refractivity contribution >= 4 is 28.4 Å². The quantitative estimate of drug-likeness (QED) is 0.788. The summed E-state index contributed by atoms with van der Waals surface area (Å²) in [7, 11) is 3.64. The minimum atomic E-state index is 0.0107. The molecule has 1 aromatic rings. The van der Waals surface area contributed by atoms with Crippen LogP contribution in [0.15, 0.2) is 0 Å². The highest BCUT2D eigenvalue weighted by atomic mass is 127. The van der Waals surface area contributed by atoms with E-state index in [1.165, 1.54) is 18.5 Å². The Labute approximate surface area is 122 Å². The van der Waals surface area contributed by atoms with Crippen LogP contribution in [-0.2, 0) is 4.74 Å². The topological polar surface area (TPSA) is 47.0 Å². The third kappa shape index (κ3) is 2.93. The van der Waals surface area contributed by atoms with Crippen LogP contribution >= 0.6 is 22.6 Å². The maximum atomic E-state index is 5.52. The van der Waals surface area contributed by atoms with Crippen molar-refractivity contribution in [1.82, 2.24) is 9.97 Å². The van der Waals surface area contributed by atoms with Crippen LogP contribution in [0.3, 0.4) is 0 Å². The van der Waals surface area contributed by atoms with Crippen molar-refractivity contribution < 1.29 is 4.74 Å². The first kappa shape index (κ1) is 14.0. The van der Waals surface area contributed by atoms with Gasteiger partial charge in [-0.15, -0.1) is 0 Å². The van der Waals surface area contributed by atoms with Gasteiger partial charge in [0.05, 0.1) is 9.26 Å². The van der Waals surface area contributed by atoms with Crippen molar-refractivity contribution in [2.75, 3.05) is 19.5 Å². The minimum Gasteiger partial charge on any atom is -0.373 e. The summed E-state index contributed by atoms with van der Waals surface area (Å²) in [5.41, 5.74) is 1.20. The van der Waals surface area contributed by atoms with Gasteiger partial charge in [0.1, 0.15) is 11.9 Å². The Morgan fingerprint density at radius 2 is 2.17 bits per heavy atom. The summed E-state index contributed by atoms with van der Waals surface area (Å²) in [4.78, 5) is 9.35. The first-order chi connectivity index (χ1) is 8.71. The van der Waals surface area contributed by atoms with Gasteiger partial charge in [0, 0.05) is 20.1 Å². The molecule has 1 aliphatic rings. The molecule has 1 heterocycles. The van der Waals surface area contributed by atoms with Crippen molar-refractivity contribution in [3.05, 3.63) is 15.1 Å². The standard InChI is InChI=1S/C13H20IN3O/c1-4-5-9(18-3)12-16-11(8-6-7-8)10(14)13(15-2)17-12/h8-9H,4-7H2,1-3H3,(H,15,16,17). The molecule has 0 spiro atoms. The van der Waals surface area contributed by atoms with E-state index in [9.17, 15) is 0 Å². The number of nitrogens with zero attached hydrogens (tertiary/aromatic N) is 2. The lowest BCUT2D eigenvalue weighted by atomic mass is 10.2. The number of nitrogens with one attached hydrogen (secondary N) is 1. The summed E-state index contributed by atoms with van der Waals surface area (Å²) in [6.45, 7) is 2.15. The number of anilines is 1. The van der Waals surface area contributed by atoms with Gasteiger partial charge < -0.3 is 10.1 Å². The maximum absolute atomic E-state index is 5.52. The second kappa shape index (κ2) is 6.14. The SMILES string of the molecule is CCCC(OC)c1nc(NC)c(I)c(C2CC2)n1. The van der Waals surface area contributed by atoms with Crippen LogP contribution in [-0.4, -0.2) is 24.1 Å². The molecule has 0 radical (unpaired) electrons. The maximum Gasteiger partial charge on any atom is 0.159 e. The number of hydrogen-bond acceptors (Lipinski definition) is 4. The molecule has 1 unspecified atom stereocenters. The number of ether oxygens (including phenoxy) is 1. The van der Waals surface area contributed by atoms with Crippen LogP contribution in [0.2, 0.25) is 0 Å². The molecule has 100 valence electrons. The highest BCUT2D eigenvalue weighted by molar-refractivity contribution is 14.1. The molecule has 0 bridgehead atoms. The Hall–Kier alpha value is -0.430. The zero-order valence-corrected chi connectivity index (χ0v) is 13.3. The van der Waals surface area contributed by atoms with Crippen molar-refractivity contribution in [3.8, 4) is 0 Å². The fraction of sp³-hybridized carbons (Fsp3) is 0.692. The molecule has 1 atom stereocenters. The predicted octanol–water partition coefficient (Wildman–Crippen LogP) is 3.49. The van der Waals surface area contributed by atoms with E-state index in [4.69, 9.17) is 9.72 Å². The van der Waals surface area contributed by atoms with E-state index in [-0.39, 0.29) is 6.10 Å². The molecule has 1 N–H and O–H groups in total. The largest absolute Gasteiger partial charge is 0.373 e. The molecular weight excluding hydrogens is 341 g/mol. The molecule has 4 nitrogen and oxygen atoms in total. The molecular formula is C13H20IN3O. The molecule has 1 fully saturated rings. The summed E-state index contributed by atoms with van der Waals surface area (Å²) >= 11 is 2.34. The van der Waals surface area contributed by atoms with E-state index in [2.05, 4.69) is 39.8 Å². The third-order valence-electron chi connectivity index (χ3n) is 3.22. The average molecular weight is 361 g/mol. The van der Waals surface area contributed by atoms with Crippen molar-refractivity contribution in [1.29, 1.82) is 0 Å². The highest BCUT2D eigenvalue weighted by Crippen LogP contribution is 2.42. The van der Waals surface area contributed by atoms with Crippen LogP contribution in [0.1, 0.15) is 56.1 Å². The number of aromatic nitrogens is 2.